The Labute approximate surface area is 115 Å². The molecule has 0 radical (unpaired) electrons. The van der Waals surface area contributed by atoms with Crippen LogP contribution in [0.1, 0.15) is 37.2 Å². The topological polar surface area (TPSA) is 41.5 Å². The molecule has 3 heteroatoms. The Morgan fingerprint density at radius 2 is 2.16 bits per heavy atom. The number of aliphatic hydroxyl groups is 1. The van der Waals surface area contributed by atoms with Crippen LogP contribution in [0.4, 0.5) is 0 Å². The first-order chi connectivity index (χ1) is 9.26. The fourth-order valence-corrected chi connectivity index (χ4v) is 2.89. The second kappa shape index (κ2) is 5.51. The summed E-state index contributed by atoms with van der Waals surface area (Å²) in [6, 6.07) is 8.95. The third-order valence-corrected chi connectivity index (χ3v) is 4.49. The number of benzene rings is 1. The first-order valence-electron chi connectivity index (χ1n) is 7.31. The maximum absolute atomic E-state index is 9.83. The second-order valence-electron chi connectivity index (χ2n) is 5.95. The molecule has 1 aromatic carbocycles. The van der Waals surface area contributed by atoms with Crippen LogP contribution in [0.2, 0.25) is 0 Å². The van der Waals surface area contributed by atoms with Crippen LogP contribution in [-0.4, -0.2) is 30.9 Å². The van der Waals surface area contributed by atoms with Crippen LogP contribution in [-0.2, 0) is 0 Å². The van der Waals surface area contributed by atoms with Crippen molar-refractivity contribution in [2.45, 2.75) is 43.7 Å². The van der Waals surface area contributed by atoms with Gasteiger partial charge in [0.1, 0.15) is 5.75 Å². The summed E-state index contributed by atoms with van der Waals surface area (Å²) in [6.45, 7) is 0.764. The molecular weight excluding hydrogens is 238 g/mol. The number of methoxy groups -OCH3 is 1. The quantitative estimate of drug-likeness (QED) is 0.825. The fourth-order valence-electron chi connectivity index (χ4n) is 2.89. The number of aliphatic hydroxyl groups excluding tert-OH is 1. The van der Waals surface area contributed by atoms with E-state index in [0.29, 0.717) is 17.9 Å². The molecule has 0 spiro atoms. The Bertz CT molecular complexity index is 425. The number of rotatable bonds is 6. The van der Waals surface area contributed by atoms with E-state index in [4.69, 9.17) is 4.74 Å². The minimum Gasteiger partial charge on any atom is -0.497 e. The molecule has 3 nitrogen and oxygen atoms in total. The molecule has 2 N–H and O–H groups in total. The van der Waals surface area contributed by atoms with Gasteiger partial charge in [-0.3, -0.25) is 0 Å². The van der Waals surface area contributed by atoms with Crippen molar-refractivity contribution in [3.05, 3.63) is 29.8 Å². The van der Waals surface area contributed by atoms with Gasteiger partial charge in [-0.15, -0.1) is 0 Å². The summed E-state index contributed by atoms with van der Waals surface area (Å²) in [7, 11) is 1.71. The molecule has 2 aliphatic rings. The normalized spacial score (nSPS) is 27.7. The van der Waals surface area contributed by atoms with Crippen molar-refractivity contribution in [3.8, 4) is 5.75 Å². The van der Waals surface area contributed by atoms with Crippen molar-refractivity contribution in [1.29, 1.82) is 0 Å². The van der Waals surface area contributed by atoms with Gasteiger partial charge in [0.2, 0.25) is 0 Å². The van der Waals surface area contributed by atoms with E-state index in [-0.39, 0.29) is 6.10 Å². The summed E-state index contributed by atoms with van der Waals surface area (Å²) in [4.78, 5) is 0. The zero-order valence-electron chi connectivity index (χ0n) is 11.5. The van der Waals surface area contributed by atoms with Crippen molar-refractivity contribution >= 4 is 0 Å². The predicted molar refractivity (Wildman–Crippen MR) is 75.5 cm³/mol. The van der Waals surface area contributed by atoms with Crippen LogP contribution in [0.15, 0.2) is 24.3 Å². The molecule has 2 saturated carbocycles. The van der Waals surface area contributed by atoms with Crippen LogP contribution in [0.25, 0.3) is 0 Å². The Hall–Kier alpha value is -1.06. The summed E-state index contributed by atoms with van der Waals surface area (Å²) in [5.74, 6) is 2.16. The van der Waals surface area contributed by atoms with Gasteiger partial charge in [0.25, 0.3) is 0 Å². The highest BCUT2D eigenvalue weighted by Crippen LogP contribution is 2.38. The molecule has 2 aliphatic carbocycles. The Kier molecular flexibility index (Phi) is 3.76. The molecule has 0 amide bonds. The Morgan fingerprint density at radius 1 is 1.37 bits per heavy atom. The van der Waals surface area contributed by atoms with Gasteiger partial charge in [-0.2, -0.15) is 0 Å². The summed E-state index contributed by atoms with van der Waals surface area (Å²) in [5, 5.41) is 13.3. The maximum atomic E-state index is 9.83. The molecule has 1 aromatic rings. The van der Waals surface area contributed by atoms with E-state index in [0.717, 1.165) is 12.3 Å². The maximum Gasteiger partial charge on any atom is 0.119 e. The minimum atomic E-state index is -0.129. The van der Waals surface area contributed by atoms with Crippen molar-refractivity contribution in [2.24, 2.45) is 5.92 Å². The molecule has 0 aliphatic heterocycles. The predicted octanol–water partition coefficient (Wildman–Crippen LogP) is 2.30. The highest BCUT2D eigenvalue weighted by molar-refractivity contribution is 5.32. The number of hydrogen-bond donors (Lipinski definition) is 2. The standard InChI is InChI=1S/C16H23NO2/c1-19-15-4-2-3-12(9-15)13-7-14(8-13)17-10-16(18)11-5-6-11/h2-4,9,11,13-14,16-18H,5-8,10H2,1H3. The van der Waals surface area contributed by atoms with E-state index < -0.39 is 0 Å². The first kappa shape index (κ1) is 12.9. The van der Waals surface area contributed by atoms with E-state index in [9.17, 15) is 5.11 Å². The zero-order valence-corrected chi connectivity index (χ0v) is 11.5. The van der Waals surface area contributed by atoms with Crippen molar-refractivity contribution in [1.82, 2.24) is 5.32 Å². The average Bonchev–Trinajstić information content (AvgIpc) is 3.21. The lowest BCUT2D eigenvalue weighted by molar-refractivity contribution is 0.135. The highest BCUT2D eigenvalue weighted by Gasteiger charge is 2.33. The van der Waals surface area contributed by atoms with Crippen molar-refractivity contribution in [3.63, 3.8) is 0 Å². The molecule has 104 valence electrons. The van der Waals surface area contributed by atoms with Gasteiger partial charge in [-0.1, -0.05) is 12.1 Å². The largest absolute Gasteiger partial charge is 0.497 e. The molecule has 0 bridgehead atoms. The molecule has 0 heterocycles. The summed E-state index contributed by atoms with van der Waals surface area (Å²) < 4.78 is 5.26. The van der Waals surface area contributed by atoms with Crippen LogP contribution >= 0.6 is 0 Å². The summed E-state index contributed by atoms with van der Waals surface area (Å²) in [6.07, 6.45) is 4.63. The van der Waals surface area contributed by atoms with Gasteiger partial charge >= 0.3 is 0 Å². The third-order valence-electron chi connectivity index (χ3n) is 4.49. The highest BCUT2D eigenvalue weighted by atomic mass is 16.5. The van der Waals surface area contributed by atoms with Crippen molar-refractivity contribution < 1.29 is 9.84 Å². The minimum absolute atomic E-state index is 0.129. The molecule has 3 rings (SSSR count). The molecule has 1 atom stereocenters. The molecule has 19 heavy (non-hydrogen) atoms. The summed E-state index contributed by atoms with van der Waals surface area (Å²) >= 11 is 0. The van der Waals surface area contributed by atoms with E-state index in [1.807, 2.05) is 6.07 Å². The SMILES string of the molecule is COc1cccc(C2CC(NCC(O)C3CC3)C2)c1. The van der Waals surface area contributed by atoms with Gasteiger partial charge in [0, 0.05) is 12.6 Å². The Morgan fingerprint density at radius 3 is 2.84 bits per heavy atom. The van der Waals surface area contributed by atoms with Gasteiger partial charge in [-0.25, -0.2) is 0 Å². The smallest absolute Gasteiger partial charge is 0.119 e. The van der Waals surface area contributed by atoms with E-state index >= 15 is 0 Å². The van der Waals surface area contributed by atoms with Crippen LogP contribution in [0, 0.1) is 5.92 Å². The number of hydrogen-bond acceptors (Lipinski definition) is 3. The average molecular weight is 261 g/mol. The molecule has 1 unspecified atom stereocenters. The number of ether oxygens (including phenoxy) is 1. The van der Waals surface area contributed by atoms with Crippen molar-refractivity contribution in [2.75, 3.05) is 13.7 Å². The first-order valence-corrected chi connectivity index (χ1v) is 7.31. The number of nitrogens with one attached hydrogen (secondary N) is 1. The second-order valence-corrected chi connectivity index (χ2v) is 5.95. The zero-order chi connectivity index (χ0) is 13.2. The molecular formula is C16H23NO2. The van der Waals surface area contributed by atoms with E-state index in [1.54, 1.807) is 7.11 Å². The van der Waals surface area contributed by atoms with E-state index in [1.165, 1.54) is 31.2 Å². The van der Waals surface area contributed by atoms with E-state index in [2.05, 4.69) is 23.5 Å². The van der Waals surface area contributed by atoms with Gasteiger partial charge in [-0.05, 0) is 55.2 Å². The fraction of sp³-hybridized carbons (Fsp3) is 0.625. The Balaban J connectivity index is 1.43. The van der Waals surface area contributed by atoms with Crippen LogP contribution in [0.5, 0.6) is 5.75 Å². The van der Waals surface area contributed by atoms with Gasteiger partial charge in [0.15, 0.2) is 0 Å². The monoisotopic (exact) mass is 261 g/mol. The van der Waals surface area contributed by atoms with Gasteiger partial charge in [0.05, 0.1) is 13.2 Å². The van der Waals surface area contributed by atoms with Gasteiger partial charge < -0.3 is 15.2 Å². The lowest BCUT2D eigenvalue weighted by atomic mass is 9.76. The summed E-state index contributed by atoms with van der Waals surface area (Å²) in [5.41, 5.74) is 1.38. The lowest BCUT2D eigenvalue weighted by Gasteiger charge is -2.37. The molecule has 0 saturated heterocycles. The van der Waals surface area contributed by atoms with Crippen LogP contribution in [0.3, 0.4) is 0 Å². The third kappa shape index (κ3) is 3.10. The molecule has 0 aromatic heterocycles. The molecule has 2 fully saturated rings. The lowest BCUT2D eigenvalue weighted by Crippen LogP contribution is -2.43. The van der Waals surface area contributed by atoms with Crippen LogP contribution < -0.4 is 10.1 Å².